The molecule has 0 saturated carbocycles. The number of fused-ring (bicyclic) bond motifs is 1. The summed E-state index contributed by atoms with van der Waals surface area (Å²) < 4.78 is 5.73. The summed E-state index contributed by atoms with van der Waals surface area (Å²) >= 11 is 1.54. The normalized spacial score (nSPS) is 21.6. The maximum Gasteiger partial charge on any atom is 0.150 e. The molecule has 1 atom stereocenters. The van der Waals surface area contributed by atoms with Crippen LogP contribution in [0.15, 0.2) is 24.3 Å². The molecular weight excluding hydrogens is 220 g/mol. The van der Waals surface area contributed by atoms with E-state index >= 15 is 0 Å². The molecule has 0 aliphatic carbocycles. The van der Waals surface area contributed by atoms with Crippen molar-refractivity contribution in [1.29, 1.82) is 0 Å². The number of aliphatic hydroxyl groups is 1. The molecule has 1 N–H and O–H groups in total. The van der Waals surface area contributed by atoms with Gasteiger partial charge in [0.15, 0.2) is 0 Å². The molecule has 16 heavy (non-hydrogen) atoms. The van der Waals surface area contributed by atoms with Crippen LogP contribution in [0.3, 0.4) is 0 Å². The van der Waals surface area contributed by atoms with Crippen LogP contribution in [0.4, 0.5) is 5.82 Å². The van der Waals surface area contributed by atoms with Crippen molar-refractivity contribution in [3.63, 3.8) is 0 Å². The third-order valence-electron chi connectivity index (χ3n) is 3.05. The van der Waals surface area contributed by atoms with Crippen LogP contribution in [0.2, 0.25) is 0 Å². The molecule has 1 aromatic carbocycles. The summed E-state index contributed by atoms with van der Waals surface area (Å²) in [7, 11) is 0. The summed E-state index contributed by atoms with van der Waals surface area (Å²) in [6.45, 7) is 1.72. The minimum atomic E-state index is -0.200. The Morgan fingerprint density at radius 3 is 3.12 bits per heavy atom. The summed E-state index contributed by atoms with van der Waals surface area (Å²) in [5.41, 5.74) is 0. The van der Waals surface area contributed by atoms with Crippen LogP contribution in [0.5, 0.6) is 0 Å². The number of piperidine rings is 1. The number of nitrogens with zero attached hydrogens (tertiary/aromatic N) is 2. The fraction of sp³-hybridized carbons (Fsp3) is 0.417. The molecule has 3 rings (SSSR count). The number of benzene rings is 1. The second kappa shape index (κ2) is 4.03. The third kappa shape index (κ3) is 1.68. The summed E-state index contributed by atoms with van der Waals surface area (Å²) in [4.78, 5) is 2.20. The third-order valence-corrected chi connectivity index (χ3v) is 3.87. The Balaban J connectivity index is 1.99. The fourth-order valence-corrected chi connectivity index (χ4v) is 3.04. The first-order valence-corrected chi connectivity index (χ1v) is 6.39. The zero-order valence-electron chi connectivity index (χ0n) is 8.97. The molecule has 3 nitrogen and oxygen atoms in total. The lowest BCUT2D eigenvalue weighted by atomic mass is 10.1. The lowest BCUT2D eigenvalue weighted by Gasteiger charge is -2.30. The Morgan fingerprint density at radius 2 is 2.25 bits per heavy atom. The molecule has 84 valence electrons. The molecule has 1 aliphatic heterocycles. The molecular formula is C12H14N2OS. The van der Waals surface area contributed by atoms with Crippen molar-refractivity contribution in [3.05, 3.63) is 24.3 Å². The number of hydrogen-bond donors (Lipinski definition) is 1. The molecule has 0 bridgehead atoms. The van der Waals surface area contributed by atoms with Crippen molar-refractivity contribution in [2.75, 3.05) is 18.0 Å². The molecule has 1 saturated heterocycles. The molecule has 1 aromatic heterocycles. The number of hydrogen-bond acceptors (Lipinski definition) is 4. The van der Waals surface area contributed by atoms with Gasteiger partial charge in [0.25, 0.3) is 0 Å². The quantitative estimate of drug-likeness (QED) is 0.822. The van der Waals surface area contributed by atoms with Gasteiger partial charge >= 0.3 is 0 Å². The van der Waals surface area contributed by atoms with E-state index in [0.717, 1.165) is 25.2 Å². The Labute approximate surface area is 98.5 Å². The Morgan fingerprint density at radius 1 is 1.38 bits per heavy atom. The largest absolute Gasteiger partial charge is 0.391 e. The van der Waals surface area contributed by atoms with E-state index < -0.39 is 0 Å². The van der Waals surface area contributed by atoms with E-state index in [0.29, 0.717) is 6.54 Å². The van der Waals surface area contributed by atoms with Gasteiger partial charge in [-0.2, -0.15) is 4.37 Å². The van der Waals surface area contributed by atoms with Gasteiger partial charge < -0.3 is 10.0 Å². The molecule has 1 unspecified atom stereocenters. The number of aromatic nitrogens is 1. The fourth-order valence-electron chi connectivity index (χ4n) is 2.25. The minimum Gasteiger partial charge on any atom is -0.391 e. The van der Waals surface area contributed by atoms with Crippen LogP contribution < -0.4 is 4.90 Å². The van der Waals surface area contributed by atoms with Crippen molar-refractivity contribution in [2.24, 2.45) is 0 Å². The molecule has 2 heterocycles. The van der Waals surface area contributed by atoms with E-state index in [-0.39, 0.29) is 6.10 Å². The van der Waals surface area contributed by atoms with E-state index in [1.54, 1.807) is 0 Å². The lowest BCUT2D eigenvalue weighted by Crippen LogP contribution is -2.38. The van der Waals surface area contributed by atoms with Crippen molar-refractivity contribution >= 4 is 27.4 Å². The highest BCUT2D eigenvalue weighted by Crippen LogP contribution is 2.30. The maximum absolute atomic E-state index is 9.68. The van der Waals surface area contributed by atoms with E-state index in [1.165, 1.54) is 21.6 Å². The highest BCUT2D eigenvalue weighted by atomic mass is 32.1. The van der Waals surface area contributed by atoms with Gasteiger partial charge in [-0.15, -0.1) is 0 Å². The summed E-state index contributed by atoms with van der Waals surface area (Å²) in [6, 6.07) is 8.28. The van der Waals surface area contributed by atoms with Crippen molar-refractivity contribution in [2.45, 2.75) is 18.9 Å². The standard InChI is InChI=1S/C12H14N2OS/c15-9-4-3-7-14(8-9)12-10-5-1-2-6-11(10)16-13-12/h1-2,5-6,9,15H,3-4,7-8H2. The molecule has 4 heteroatoms. The van der Waals surface area contributed by atoms with Crippen molar-refractivity contribution in [3.8, 4) is 0 Å². The Bertz CT molecular complexity index is 496. The SMILES string of the molecule is OC1CCCN(c2nsc3ccccc23)C1. The first-order valence-electron chi connectivity index (χ1n) is 5.62. The van der Waals surface area contributed by atoms with Crippen LogP contribution >= 0.6 is 11.5 Å². The van der Waals surface area contributed by atoms with Gasteiger partial charge in [0.1, 0.15) is 5.82 Å². The zero-order valence-corrected chi connectivity index (χ0v) is 9.78. The molecule has 1 aliphatic rings. The first-order chi connectivity index (χ1) is 7.84. The van der Waals surface area contributed by atoms with Crippen LogP contribution in [0.25, 0.3) is 10.1 Å². The van der Waals surface area contributed by atoms with Gasteiger partial charge in [-0.3, -0.25) is 0 Å². The van der Waals surface area contributed by atoms with Crippen LogP contribution in [-0.4, -0.2) is 28.7 Å². The second-order valence-electron chi connectivity index (χ2n) is 4.24. The van der Waals surface area contributed by atoms with Crippen LogP contribution in [-0.2, 0) is 0 Å². The van der Waals surface area contributed by atoms with Gasteiger partial charge in [-0.25, -0.2) is 0 Å². The van der Waals surface area contributed by atoms with Gasteiger partial charge in [-0.05, 0) is 36.5 Å². The molecule has 0 spiro atoms. The highest BCUT2D eigenvalue weighted by Gasteiger charge is 2.21. The van der Waals surface area contributed by atoms with Crippen LogP contribution in [0, 0.1) is 0 Å². The predicted octanol–water partition coefficient (Wildman–Crippen LogP) is 2.26. The molecule has 0 radical (unpaired) electrons. The van der Waals surface area contributed by atoms with Crippen molar-refractivity contribution < 1.29 is 5.11 Å². The van der Waals surface area contributed by atoms with Gasteiger partial charge in [0.05, 0.1) is 10.8 Å². The molecule has 0 amide bonds. The molecule has 1 fully saturated rings. The summed E-state index contributed by atoms with van der Waals surface area (Å²) in [6.07, 6.45) is 1.76. The number of β-amino-alcohol motifs (C(OH)–C–C–N with tert-alkyl or cyclic N) is 1. The molecule has 2 aromatic rings. The predicted molar refractivity (Wildman–Crippen MR) is 67.1 cm³/mol. The lowest BCUT2D eigenvalue weighted by molar-refractivity contribution is 0.154. The number of aliphatic hydroxyl groups excluding tert-OH is 1. The van der Waals surface area contributed by atoms with Crippen LogP contribution in [0.1, 0.15) is 12.8 Å². The van der Waals surface area contributed by atoms with E-state index in [2.05, 4.69) is 21.4 Å². The average molecular weight is 234 g/mol. The smallest absolute Gasteiger partial charge is 0.150 e. The zero-order chi connectivity index (χ0) is 11.0. The van der Waals surface area contributed by atoms with Gasteiger partial charge in [0.2, 0.25) is 0 Å². The number of rotatable bonds is 1. The first kappa shape index (κ1) is 10.1. The van der Waals surface area contributed by atoms with Gasteiger partial charge in [0, 0.05) is 18.5 Å². The second-order valence-corrected chi connectivity index (χ2v) is 5.05. The maximum atomic E-state index is 9.68. The minimum absolute atomic E-state index is 0.200. The van der Waals surface area contributed by atoms with Gasteiger partial charge in [-0.1, -0.05) is 12.1 Å². The van der Waals surface area contributed by atoms with E-state index in [1.807, 2.05) is 12.1 Å². The topological polar surface area (TPSA) is 36.4 Å². The Kier molecular flexibility index (Phi) is 2.53. The number of anilines is 1. The van der Waals surface area contributed by atoms with E-state index in [4.69, 9.17) is 0 Å². The average Bonchev–Trinajstić information content (AvgIpc) is 2.72. The van der Waals surface area contributed by atoms with E-state index in [9.17, 15) is 5.11 Å². The Hall–Kier alpha value is -1.13. The summed E-state index contributed by atoms with van der Waals surface area (Å²) in [5.74, 6) is 1.04. The highest BCUT2D eigenvalue weighted by molar-refractivity contribution is 7.13. The summed E-state index contributed by atoms with van der Waals surface area (Å²) in [5, 5.41) is 10.9. The monoisotopic (exact) mass is 234 g/mol. The van der Waals surface area contributed by atoms with Crippen molar-refractivity contribution in [1.82, 2.24) is 4.37 Å².